The van der Waals surface area contributed by atoms with Crippen LogP contribution < -0.4 is 11.1 Å². The number of nitrogens with one attached hydrogen (secondary N) is 1. The van der Waals surface area contributed by atoms with Gasteiger partial charge in [0.1, 0.15) is 0 Å². The molecule has 3 saturated heterocycles. The molecule has 2 N–H and O–H groups in total. The number of hydrogen-bond acceptors (Lipinski definition) is 8. The zero-order chi connectivity index (χ0) is 38.4. The van der Waals surface area contributed by atoms with Gasteiger partial charge in [-0.1, -0.05) is 24.3 Å². The Morgan fingerprint density at radius 1 is 0.963 bits per heavy atom. The number of rotatable bonds is 6. The van der Waals surface area contributed by atoms with Crippen LogP contribution in [0.1, 0.15) is 55.2 Å². The number of aryl methyl sites for hydroxylation is 2. The van der Waals surface area contributed by atoms with Crippen molar-refractivity contribution in [3.05, 3.63) is 63.6 Å². The lowest BCUT2D eigenvalue weighted by Crippen LogP contribution is -2.57. The van der Waals surface area contributed by atoms with Crippen molar-refractivity contribution in [3.8, 4) is 0 Å². The van der Waals surface area contributed by atoms with E-state index in [0.717, 1.165) is 23.2 Å². The number of benzene rings is 2. The number of ether oxygens (including phenoxy) is 1. The molecule has 0 radical (unpaired) electrons. The Kier molecular flexibility index (Phi) is 10.4. The van der Waals surface area contributed by atoms with E-state index in [4.69, 9.17) is 9.15 Å². The Balaban J connectivity index is 1.01. The smallest absolute Gasteiger partial charge is 0.419 e. The van der Waals surface area contributed by atoms with Crippen molar-refractivity contribution in [2.24, 2.45) is 7.05 Å². The molecule has 7 rings (SSSR count). The number of nitrogens with zero attached hydrogens (tertiary/aromatic N) is 5. The van der Waals surface area contributed by atoms with Crippen LogP contribution in [-0.4, -0.2) is 123 Å². The monoisotopic (exact) mass is 756 g/mol. The van der Waals surface area contributed by atoms with E-state index in [1.807, 2.05) is 47.1 Å². The highest BCUT2D eigenvalue weighted by Crippen LogP contribution is 2.39. The van der Waals surface area contributed by atoms with Crippen molar-refractivity contribution < 1.29 is 41.8 Å². The summed E-state index contributed by atoms with van der Waals surface area (Å²) in [7, 11) is 1.61. The molecule has 0 aliphatic carbocycles. The van der Waals surface area contributed by atoms with Gasteiger partial charge in [0, 0.05) is 77.1 Å². The van der Waals surface area contributed by atoms with Crippen molar-refractivity contribution in [3.63, 3.8) is 0 Å². The number of oxazole rings is 1. The van der Waals surface area contributed by atoms with Crippen LogP contribution in [0.15, 0.2) is 45.6 Å². The first kappa shape index (κ1) is 37.7. The molecule has 1 aromatic heterocycles. The number of amides is 4. The fourth-order valence-electron chi connectivity index (χ4n) is 8.58. The fourth-order valence-corrected chi connectivity index (χ4v) is 8.58. The van der Waals surface area contributed by atoms with E-state index in [-0.39, 0.29) is 43.5 Å². The number of carbonyl (C=O) groups excluding carboxylic acids is 3. The van der Waals surface area contributed by atoms with E-state index < -0.39 is 42.6 Å². The molecule has 0 saturated carbocycles. The van der Waals surface area contributed by atoms with Gasteiger partial charge in [0.05, 0.1) is 5.52 Å². The number of aromatic nitrogens is 1. The summed E-state index contributed by atoms with van der Waals surface area (Å²) in [5.41, 5.74) is 1.59. The number of hydrogen-bond donors (Lipinski definition) is 2. The summed E-state index contributed by atoms with van der Waals surface area (Å²) in [6.45, 7) is 3.95. The highest BCUT2D eigenvalue weighted by atomic mass is 19.4. The van der Waals surface area contributed by atoms with Gasteiger partial charge < -0.3 is 39.2 Å². The minimum atomic E-state index is -4.68. The molecule has 4 amide bonds. The van der Waals surface area contributed by atoms with Gasteiger partial charge in [0.2, 0.25) is 0 Å². The maximum absolute atomic E-state index is 14.2. The zero-order valence-electron chi connectivity index (χ0n) is 30.6. The standard InChI is InChI=1S/C38H47F3N6O7/c1-24-21-25(22-30-32(24)43(2)35(50)53-30)23-31(33(48)45-14-8-27(9-15-45)44-19-12-37(52,13-20-44)38(39,40)41)54-36(51)46-16-10-28(11-17-46)47-18-7-26-5-3-4-6-29(26)42-34(47)49/h3-6,21-22,27-28,31,52H,7-20,23H2,1-2H3,(H,42,49)/t31-/m1/s1. The number of fused-ring (bicyclic) bond motifs is 2. The molecule has 13 nitrogen and oxygen atoms in total. The van der Waals surface area contributed by atoms with E-state index in [9.17, 15) is 37.5 Å². The average Bonchev–Trinajstić information content (AvgIpc) is 3.32. The predicted molar refractivity (Wildman–Crippen MR) is 192 cm³/mol. The molecule has 0 unspecified atom stereocenters. The molecule has 3 fully saturated rings. The van der Waals surface area contributed by atoms with Crippen LogP contribution >= 0.6 is 0 Å². The number of urea groups is 1. The summed E-state index contributed by atoms with van der Waals surface area (Å²) < 4.78 is 53.0. The molecule has 292 valence electrons. The van der Waals surface area contributed by atoms with Crippen molar-refractivity contribution in [1.82, 2.24) is 24.2 Å². The van der Waals surface area contributed by atoms with Crippen LogP contribution in [0.2, 0.25) is 0 Å². The summed E-state index contributed by atoms with van der Waals surface area (Å²) in [6, 6.07) is 11.0. The highest BCUT2D eigenvalue weighted by Gasteiger charge is 2.55. The molecule has 0 spiro atoms. The summed E-state index contributed by atoms with van der Waals surface area (Å²) in [5, 5.41) is 13.1. The number of para-hydroxylation sites is 1. The average molecular weight is 757 g/mol. The second-order valence-corrected chi connectivity index (χ2v) is 15.1. The number of piperidine rings is 3. The number of carbonyl (C=O) groups is 3. The van der Waals surface area contributed by atoms with Crippen molar-refractivity contribution in [2.45, 2.75) is 88.3 Å². The van der Waals surface area contributed by atoms with Crippen LogP contribution in [0.5, 0.6) is 0 Å². The van der Waals surface area contributed by atoms with Gasteiger partial charge in [0.25, 0.3) is 5.91 Å². The number of aliphatic hydroxyl groups is 1. The zero-order valence-corrected chi connectivity index (χ0v) is 30.6. The van der Waals surface area contributed by atoms with Gasteiger partial charge in [-0.2, -0.15) is 13.2 Å². The lowest BCUT2D eigenvalue weighted by molar-refractivity contribution is -0.273. The van der Waals surface area contributed by atoms with Crippen LogP contribution in [0, 0.1) is 6.92 Å². The van der Waals surface area contributed by atoms with Gasteiger partial charge in [-0.05, 0) is 80.7 Å². The Bertz CT molecular complexity index is 1940. The largest absolute Gasteiger partial charge is 0.436 e. The van der Waals surface area contributed by atoms with Crippen molar-refractivity contribution >= 4 is 34.8 Å². The lowest BCUT2D eigenvalue weighted by Gasteiger charge is -2.45. The van der Waals surface area contributed by atoms with Crippen LogP contribution in [-0.2, 0) is 29.4 Å². The molecule has 1 atom stereocenters. The first-order chi connectivity index (χ1) is 25.7. The van der Waals surface area contributed by atoms with Crippen LogP contribution in [0.3, 0.4) is 0 Å². The third kappa shape index (κ3) is 7.54. The Morgan fingerprint density at radius 2 is 1.61 bits per heavy atom. The molecule has 5 heterocycles. The first-order valence-corrected chi connectivity index (χ1v) is 18.7. The van der Waals surface area contributed by atoms with Crippen LogP contribution in [0.4, 0.5) is 28.4 Å². The van der Waals surface area contributed by atoms with E-state index in [1.165, 1.54) is 4.57 Å². The van der Waals surface area contributed by atoms with E-state index >= 15 is 0 Å². The Hall–Kier alpha value is -4.57. The fraction of sp³-hybridized carbons (Fsp3) is 0.579. The summed E-state index contributed by atoms with van der Waals surface area (Å²) in [6.07, 6.45) is -4.39. The molecule has 54 heavy (non-hydrogen) atoms. The van der Waals surface area contributed by atoms with E-state index in [0.29, 0.717) is 75.1 Å². The summed E-state index contributed by atoms with van der Waals surface area (Å²) in [4.78, 5) is 60.3. The quantitative estimate of drug-likeness (QED) is 0.377. The molecule has 2 aromatic carbocycles. The second-order valence-electron chi connectivity index (χ2n) is 15.1. The third-order valence-corrected chi connectivity index (χ3v) is 11.8. The molecular formula is C38H47F3N6O7. The Labute approximate surface area is 310 Å². The van der Waals surface area contributed by atoms with E-state index in [2.05, 4.69) is 5.32 Å². The maximum Gasteiger partial charge on any atom is 0.419 e. The summed E-state index contributed by atoms with van der Waals surface area (Å²) in [5.74, 6) is -0.899. The highest BCUT2D eigenvalue weighted by molar-refractivity contribution is 5.91. The SMILES string of the molecule is Cc1cc(C[C@@H](OC(=O)N2CCC(N3CCc4ccccc4NC3=O)CC2)C(=O)N2CCC(N3CCC(O)(C(F)(F)F)CC3)CC2)cc2oc(=O)n(C)c12. The third-order valence-electron chi connectivity index (χ3n) is 11.8. The number of likely N-dealkylation sites (tertiary alicyclic amines) is 3. The van der Waals surface area contributed by atoms with Gasteiger partial charge in [-0.15, -0.1) is 0 Å². The van der Waals surface area contributed by atoms with Crippen molar-refractivity contribution in [2.75, 3.05) is 51.1 Å². The molecule has 16 heteroatoms. The van der Waals surface area contributed by atoms with Gasteiger partial charge in [-0.25, -0.2) is 14.4 Å². The molecular weight excluding hydrogens is 709 g/mol. The van der Waals surface area contributed by atoms with Crippen LogP contribution in [0.25, 0.3) is 11.1 Å². The van der Waals surface area contributed by atoms with E-state index in [1.54, 1.807) is 22.9 Å². The summed E-state index contributed by atoms with van der Waals surface area (Å²) >= 11 is 0. The molecule has 4 aliphatic rings. The predicted octanol–water partition coefficient (Wildman–Crippen LogP) is 4.42. The number of anilines is 1. The number of alkyl halides is 3. The van der Waals surface area contributed by atoms with Crippen molar-refractivity contribution in [1.29, 1.82) is 0 Å². The van der Waals surface area contributed by atoms with Gasteiger partial charge in [-0.3, -0.25) is 9.36 Å². The van der Waals surface area contributed by atoms with Gasteiger partial charge in [0.15, 0.2) is 17.3 Å². The second kappa shape index (κ2) is 14.9. The van der Waals surface area contributed by atoms with Gasteiger partial charge >= 0.3 is 24.1 Å². The molecule has 3 aromatic rings. The lowest BCUT2D eigenvalue weighted by atomic mass is 9.89. The first-order valence-electron chi connectivity index (χ1n) is 18.7. The molecule has 4 aliphatic heterocycles. The normalized spacial score (nSPS) is 21.1. The maximum atomic E-state index is 14.2. The molecule has 0 bridgehead atoms. The topological polar surface area (TPSA) is 141 Å². The minimum Gasteiger partial charge on any atom is -0.436 e. The number of halogens is 3. The Morgan fingerprint density at radius 3 is 2.30 bits per heavy atom. The minimum absolute atomic E-state index is 0.0347.